The predicted octanol–water partition coefficient (Wildman–Crippen LogP) is 3.83. The maximum Gasteiger partial charge on any atom is 0.229 e. The van der Waals surface area contributed by atoms with Gasteiger partial charge in [0.25, 0.3) is 0 Å². The number of anilines is 1. The third kappa shape index (κ3) is 3.51. The molecular weight excluding hydrogens is 402 g/mol. The molecule has 0 radical (unpaired) electrons. The number of hydrogen-bond donors (Lipinski definition) is 2. The summed E-state index contributed by atoms with van der Waals surface area (Å²) < 4.78 is 5.81. The molecule has 1 fully saturated rings. The molecule has 0 atom stereocenters. The van der Waals surface area contributed by atoms with Crippen LogP contribution in [0.2, 0.25) is 0 Å². The number of rotatable bonds is 7. The largest absolute Gasteiger partial charge is 0.489 e. The lowest BCUT2D eigenvalue weighted by molar-refractivity contribution is -0.120. The van der Waals surface area contributed by atoms with Crippen molar-refractivity contribution in [3.05, 3.63) is 78.5 Å². The Morgan fingerprint density at radius 1 is 1.06 bits per heavy atom. The zero-order chi connectivity index (χ0) is 22.1. The molecule has 0 aliphatic heterocycles. The smallest absolute Gasteiger partial charge is 0.229 e. The average Bonchev–Trinajstić information content (AvgIpc) is 3.65. The van der Waals surface area contributed by atoms with Gasteiger partial charge in [-0.3, -0.25) is 14.8 Å². The Morgan fingerprint density at radius 3 is 2.47 bits per heavy atom. The van der Waals surface area contributed by atoms with Crippen LogP contribution in [0.4, 0.5) is 5.82 Å². The van der Waals surface area contributed by atoms with Gasteiger partial charge >= 0.3 is 0 Å². The minimum absolute atomic E-state index is 0.313. The highest BCUT2D eigenvalue weighted by atomic mass is 16.5. The number of aromatic nitrogens is 3. The minimum Gasteiger partial charge on any atom is -0.489 e. The minimum atomic E-state index is -0.636. The van der Waals surface area contributed by atoms with Gasteiger partial charge in [0.15, 0.2) is 0 Å². The van der Waals surface area contributed by atoms with Crippen LogP contribution in [-0.2, 0) is 16.8 Å². The van der Waals surface area contributed by atoms with Crippen LogP contribution in [-0.4, -0.2) is 27.9 Å². The number of benzene rings is 1. The highest BCUT2D eigenvalue weighted by Crippen LogP contribution is 2.48. The summed E-state index contributed by atoms with van der Waals surface area (Å²) in [6, 6.07) is 13.9. The van der Waals surface area contributed by atoms with Crippen LogP contribution in [0.15, 0.2) is 67.3 Å². The van der Waals surface area contributed by atoms with Crippen molar-refractivity contribution in [2.24, 2.45) is 5.73 Å². The van der Waals surface area contributed by atoms with E-state index in [4.69, 9.17) is 10.5 Å². The molecule has 5 rings (SSSR count). The van der Waals surface area contributed by atoms with Crippen LogP contribution in [0.3, 0.4) is 0 Å². The number of carbonyl (C=O) groups excluding carboxylic acids is 1. The van der Waals surface area contributed by atoms with Gasteiger partial charge in [-0.05, 0) is 47.6 Å². The summed E-state index contributed by atoms with van der Waals surface area (Å²) in [5.41, 5.74) is 8.84. The number of fused-ring (bicyclic) bond motifs is 1. The van der Waals surface area contributed by atoms with Gasteiger partial charge < -0.3 is 15.8 Å². The van der Waals surface area contributed by atoms with Crippen molar-refractivity contribution in [2.75, 3.05) is 12.4 Å². The van der Waals surface area contributed by atoms with E-state index in [2.05, 4.69) is 32.4 Å². The van der Waals surface area contributed by atoms with E-state index in [0.29, 0.717) is 6.61 Å². The van der Waals surface area contributed by atoms with Gasteiger partial charge in [-0.25, -0.2) is 4.98 Å². The molecule has 3 heterocycles. The van der Waals surface area contributed by atoms with Gasteiger partial charge in [-0.1, -0.05) is 24.3 Å². The second kappa shape index (κ2) is 7.92. The molecule has 3 aromatic heterocycles. The predicted molar refractivity (Wildman–Crippen MR) is 123 cm³/mol. The van der Waals surface area contributed by atoms with Crippen molar-refractivity contribution in [1.82, 2.24) is 15.0 Å². The monoisotopic (exact) mass is 425 g/mol. The number of primary amides is 1. The molecule has 0 spiro atoms. The molecule has 1 aliphatic rings. The third-order valence-corrected chi connectivity index (χ3v) is 6.04. The van der Waals surface area contributed by atoms with Gasteiger partial charge in [0.1, 0.15) is 18.2 Å². The highest BCUT2D eigenvalue weighted by Gasteiger charge is 2.51. The average molecular weight is 425 g/mol. The summed E-state index contributed by atoms with van der Waals surface area (Å²) in [7, 11) is 1.83. The van der Waals surface area contributed by atoms with Crippen LogP contribution < -0.4 is 15.8 Å². The summed E-state index contributed by atoms with van der Waals surface area (Å²) in [6.07, 6.45) is 8.53. The van der Waals surface area contributed by atoms with E-state index in [1.54, 1.807) is 18.6 Å². The maximum absolute atomic E-state index is 12.0. The van der Waals surface area contributed by atoms with Gasteiger partial charge in [0.2, 0.25) is 5.91 Å². The van der Waals surface area contributed by atoms with Crippen molar-refractivity contribution in [3.63, 3.8) is 0 Å². The highest BCUT2D eigenvalue weighted by molar-refractivity contribution is 6.02. The number of amides is 1. The van der Waals surface area contributed by atoms with Crippen molar-refractivity contribution in [3.8, 4) is 16.9 Å². The van der Waals surface area contributed by atoms with Crippen molar-refractivity contribution in [2.45, 2.75) is 24.9 Å². The molecule has 0 saturated heterocycles. The van der Waals surface area contributed by atoms with Crippen molar-refractivity contribution in [1.29, 1.82) is 0 Å². The van der Waals surface area contributed by atoms with Crippen LogP contribution >= 0.6 is 0 Å². The fraction of sp³-hybridized carbons (Fsp3) is 0.200. The molecule has 1 aliphatic carbocycles. The Balaban J connectivity index is 1.49. The molecule has 0 unspecified atom stereocenters. The Hall–Kier alpha value is -4.00. The van der Waals surface area contributed by atoms with E-state index >= 15 is 0 Å². The van der Waals surface area contributed by atoms with Gasteiger partial charge in [0, 0.05) is 42.8 Å². The standard InChI is InChI=1S/C25H23N5O2/c1-27-23-21-14-29-22(25(8-9-25)24(26)31)12-19(21)20(13-30-23)17-4-2-16(3-5-17)15-32-18-6-10-28-11-7-18/h2-7,10-14H,8-9,15H2,1H3,(H2,26,31)(H,27,30). The Morgan fingerprint density at radius 2 is 1.81 bits per heavy atom. The molecule has 1 saturated carbocycles. The Labute approximate surface area is 185 Å². The molecule has 3 N–H and O–H groups in total. The van der Waals surface area contributed by atoms with Crippen molar-refractivity contribution < 1.29 is 9.53 Å². The number of nitrogens with zero attached hydrogens (tertiary/aromatic N) is 3. The third-order valence-electron chi connectivity index (χ3n) is 6.04. The quantitative estimate of drug-likeness (QED) is 0.466. The van der Waals surface area contributed by atoms with E-state index in [1.165, 1.54) is 0 Å². The fourth-order valence-corrected chi connectivity index (χ4v) is 3.96. The topological polar surface area (TPSA) is 103 Å². The maximum atomic E-state index is 12.0. The summed E-state index contributed by atoms with van der Waals surface area (Å²) in [5, 5.41) is 5.01. The molecule has 1 amide bonds. The van der Waals surface area contributed by atoms with E-state index in [1.807, 2.05) is 43.6 Å². The van der Waals surface area contributed by atoms with Gasteiger partial charge in [-0.15, -0.1) is 0 Å². The molecular formula is C25H23N5O2. The number of nitrogens with one attached hydrogen (secondary N) is 1. The molecule has 4 aromatic rings. The van der Waals surface area contributed by atoms with Gasteiger partial charge in [0.05, 0.1) is 11.1 Å². The number of nitrogens with two attached hydrogens (primary N) is 1. The Bertz CT molecular complexity index is 1290. The van der Waals surface area contributed by atoms with Crippen molar-refractivity contribution >= 4 is 22.5 Å². The van der Waals surface area contributed by atoms with Crippen LogP contribution in [0.5, 0.6) is 5.75 Å². The zero-order valence-corrected chi connectivity index (χ0v) is 17.7. The van der Waals surface area contributed by atoms with E-state index in [-0.39, 0.29) is 5.91 Å². The second-order valence-electron chi connectivity index (χ2n) is 8.00. The summed E-state index contributed by atoms with van der Waals surface area (Å²) in [6.45, 7) is 0.469. The van der Waals surface area contributed by atoms with Crippen LogP contribution in [0.1, 0.15) is 24.1 Å². The first-order valence-electron chi connectivity index (χ1n) is 10.5. The van der Waals surface area contributed by atoms with Gasteiger partial charge in [-0.2, -0.15) is 0 Å². The summed E-state index contributed by atoms with van der Waals surface area (Å²) in [4.78, 5) is 25.2. The van der Waals surface area contributed by atoms with E-state index in [9.17, 15) is 4.79 Å². The lowest BCUT2D eigenvalue weighted by Gasteiger charge is -2.15. The zero-order valence-electron chi connectivity index (χ0n) is 17.7. The number of hydrogen-bond acceptors (Lipinski definition) is 6. The number of ether oxygens (including phenoxy) is 1. The lowest BCUT2D eigenvalue weighted by Crippen LogP contribution is -2.29. The Kier molecular flexibility index (Phi) is 4.93. The summed E-state index contributed by atoms with van der Waals surface area (Å²) >= 11 is 0. The fourth-order valence-electron chi connectivity index (χ4n) is 3.96. The first-order valence-corrected chi connectivity index (χ1v) is 10.5. The molecule has 7 heteroatoms. The lowest BCUT2D eigenvalue weighted by atomic mass is 9.95. The number of pyridine rings is 3. The first kappa shape index (κ1) is 19.9. The van der Waals surface area contributed by atoms with Crippen LogP contribution in [0, 0.1) is 0 Å². The number of carbonyl (C=O) groups is 1. The summed E-state index contributed by atoms with van der Waals surface area (Å²) in [5.74, 6) is 1.21. The molecule has 1 aromatic carbocycles. The second-order valence-corrected chi connectivity index (χ2v) is 8.00. The normalized spacial score (nSPS) is 14.2. The van der Waals surface area contributed by atoms with E-state index < -0.39 is 5.41 Å². The van der Waals surface area contributed by atoms with Crippen LogP contribution in [0.25, 0.3) is 21.9 Å². The molecule has 0 bridgehead atoms. The molecule has 7 nitrogen and oxygen atoms in total. The molecule has 160 valence electrons. The molecule has 32 heavy (non-hydrogen) atoms. The first-order chi connectivity index (χ1) is 15.6. The van der Waals surface area contributed by atoms with E-state index in [0.717, 1.165) is 57.6 Å². The SMILES string of the molecule is CNc1ncc(-c2ccc(COc3ccncc3)cc2)c2cc(C3(C(N)=O)CC3)ncc12.